The van der Waals surface area contributed by atoms with Crippen LogP contribution in [0.1, 0.15) is 33.3 Å². The average molecular weight is 284 g/mol. The van der Waals surface area contributed by atoms with Crippen LogP contribution in [-0.2, 0) is 11.2 Å². The van der Waals surface area contributed by atoms with Gasteiger partial charge in [0.15, 0.2) is 0 Å². The Kier molecular flexibility index (Phi) is 4.66. The Morgan fingerprint density at radius 3 is 2.67 bits per heavy atom. The number of aromatic nitrogens is 1. The van der Waals surface area contributed by atoms with Crippen molar-refractivity contribution < 1.29 is 14.3 Å². The van der Waals surface area contributed by atoms with Gasteiger partial charge in [0.25, 0.3) is 5.91 Å². The Morgan fingerprint density at radius 1 is 1.24 bits per heavy atom. The Labute approximate surface area is 123 Å². The molecule has 0 unspecified atom stereocenters. The number of methoxy groups -OCH3 is 1. The van der Waals surface area contributed by atoms with Crippen molar-refractivity contribution in [2.45, 2.75) is 13.3 Å². The van der Waals surface area contributed by atoms with E-state index in [1.54, 1.807) is 0 Å². The summed E-state index contributed by atoms with van der Waals surface area (Å²) in [6.45, 7) is 2.05. The fourth-order valence-electron chi connectivity index (χ4n) is 1.83. The second-order valence-corrected chi connectivity index (χ2v) is 4.43. The fraction of sp³-hybridized carbons (Fsp3) is 0.188. The fourth-order valence-corrected chi connectivity index (χ4v) is 1.83. The number of rotatable bonds is 4. The minimum absolute atomic E-state index is 0.240. The van der Waals surface area contributed by atoms with E-state index in [9.17, 15) is 9.59 Å². The number of amides is 1. The maximum absolute atomic E-state index is 12.1. The van der Waals surface area contributed by atoms with Gasteiger partial charge in [-0.25, -0.2) is 4.79 Å². The molecule has 0 fully saturated rings. The lowest BCUT2D eigenvalue weighted by atomic mass is 10.1. The van der Waals surface area contributed by atoms with E-state index in [0.29, 0.717) is 5.56 Å². The smallest absolute Gasteiger partial charge is 0.339 e. The molecule has 0 saturated carbocycles. The first kappa shape index (κ1) is 14.7. The number of pyridine rings is 1. The lowest BCUT2D eigenvalue weighted by Gasteiger charge is -2.06. The van der Waals surface area contributed by atoms with Crippen molar-refractivity contribution in [3.05, 3.63) is 59.4 Å². The highest BCUT2D eigenvalue weighted by atomic mass is 16.5. The minimum atomic E-state index is -0.481. The van der Waals surface area contributed by atoms with Gasteiger partial charge in [-0.2, -0.15) is 0 Å². The van der Waals surface area contributed by atoms with Crippen LogP contribution in [0.5, 0.6) is 0 Å². The number of carbonyl (C=O) groups is 2. The van der Waals surface area contributed by atoms with Crippen molar-refractivity contribution in [1.82, 2.24) is 4.98 Å². The molecule has 5 heteroatoms. The first-order valence-corrected chi connectivity index (χ1v) is 6.58. The van der Waals surface area contributed by atoms with Crippen molar-refractivity contribution in [2.24, 2.45) is 0 Å². The molecular formula is C16H16N2O3. The summed E-state index contributed by atoms with van der Waals surface area (Å²) in [5.74, 6) is -0.801. The van der Waals surface area contributed by atoms with Gasteiger partial charge >= 0.3 is 5.97 Å². The van der Waals surface area contributed by atoms with Crippen LogP contribution in [0.15, 0.2) is 42.6 Å². The summed E-state index contributed by atoms with van der Waals surface area (Å²) in [7, 11) is 1.30. The van der Waals surface area contributed by atoms with Crippen LogP contribution in [-0.4, -0.2) is 24.0 Å². The SMILES string of the molecule is CCc1cccc(NC(=O)c2ccc(C(=O)OC)cn2)c1. The number of nitrogens with zero attached hydrogens (tertiary/aromatic N) is 1. The van der Waals surface area contributed by atoms with E-state index in [2.05, 4.69) is 15.0 Å². The summed E-state index contributed by atoms with van der Waals surface area (Å²) in [4.78, 5) is 27.3. The van der Waals surface area contributed by atoms with Crippen LogP contribution >= 0.6 is 0 Å². The number of anilines is 1. The molecule has 0 spiro atoms. The molecule has 1 N–H and O–H groups in total. The van der Waals surface area contributed by atoms with Gasteiger partial charge < -0.3 is 10.1 Å². The number of benzene rings is 1. The standard InChI is InChI=1S/C16H16N2O3/c1-3-11-5-4-6-13(9-11)18-15(19)14-8-7-12(10-17-14)16(20)21-2/h4-10H,3H2,1-2H3,(H,18,19). The third-order valence-electron chi connectivity index (χ3n) is 3.01. The lowest BCUT2D eigenvalue weighted by Crippen LogP contribution is -2.14. The molecule has 5 nitrogen and oxygen atoms in total. The van der Waals surface area contributed by atoms with E-state index in [4.69, 9.17) is 0 Å². The molecule has 0 radical (unpaired) electrons. The van der Waals surface area contributed by atoms with Gasteiger partial charge in [0.1, 0.15) is 5.69 Å². The van der Waals surface area contributed by atoms with Gasteiger partial charge in [-0.1, -0.05) is 19.1 Å². The summed E-state index contributed by atoms with van der Waals surface area (Å²) in [6.07, 6.45) is 2.22. The highest BCUT2D eigenvalue weighted by molar-refractivity contribution is 6.03. The van der Waals surface area contributed by atoms with E-state index in [1.807, 2.05) is 31.2 Å². The largest absolute Gasteiger partial charge is 0.465 e. The molecule has 0 saturated heterocycles. The number of nitrogens with one attached hydrogen (secondary N) is 1. The van der Waals surface area contributed by atoms with E-state index in [0.717, 1.165) is 17.7 Å². The average Bonchev–Trinajstić information content (AvgIpc) is 2.54. The zero-order chi connectivity index (χ0) is 15.2. The van der Waals surface area contributed by atoms with Gasteiger partial charge in [-0.3, -0.25) is 9.78 Å². The Bertz CT molecular complexity index is 651. The molecule has 0 aliphatic heterocycles. The van der Waals surface area contributed by atoms with Gasteiger partial charge in [0.05, 0.1) is 12.7 Å². The lowest BCUT2D eigenvalue weighted by molar-refractivity contribution is 0.0600. The predicted molar refractivity (Wildman–Crippen MR) is 79.3 cm³/mol. The Balaban J connectivity index is 2.11. The van der Waals surface area contributed by atoms with Crippen LogP contribution in [0.25, 0.3) is 0 Å². The van der Waals surface area contributed by atoms with Gasteiger partial charge in [0, 0.05) is 11.9 Å². The minimum Gasteiger partial charge on any atom is -0.465 e. The maximum Gasteiger partial charge on any atom is 0.339 e. The summed E-state index contributed by atoms with van der Waals surface area (Å²) in [5.41, 5.74) is 2.41. The molecular weight excluding hydrogens is 268 g/mol. The molecule has 2 rings (SSSR count). The number of ether oxygens (including phenoxy) is 1. The summed E-state index contributed by atoms with van der Waals surface area (Å²) < 4.78 is 4.58. The van der Waals surface area contributed by atoms with Crippen molar-refractivity contribution in [2.75, 3.05) is 12.4 Å². The highest BCUT2D eigenvalue weighted by Crippen LogP contribution is 2.12. The first-order chi connectivity index (χ1) is 10.1. The molecule has 2 aromatic rings. The quantitative estimate of drug-likeness (QED) is 0.876. The summed E-state index contributed by atoms with van der Waals surface area (Å²) >= 11 is 0. The van der Waals surface area contributed by atoms with Crippen LogP contribution in [0.4, 0.5) is 5.69 Å². The molecule has 1 aromatic carbocycles. The third kappa shape index (κ3) is 3.66. The number of carbonyl (C=O) groups excluding carboxylic acids is 2. The molecule has 0 aliphatic carbocycles. The van der Waals surface area contributed by atoms with Crippen LogP contribution in [0, 0.1) is 0 Å². The second kappa shape index (κ2) is 6.65. The van der Waals surface area contributed by atoms with Crippen molar-refractivity contribution in [3.63, 3.8) is 0 Å². The molecule has 0 bridgehead atoms. The van der Waals surface area contributed by atoms with Crippen molar-refractivity contribution in [3.8, 4) is 0 Å². The maximum atomic E-state index is 12.1. The number of hydrogen-bond donors (Lipinski definition) is 1. The number of hydrogen-bond acceptors (Lipinski definition) is 4. The molecule has 1 amide bonds. The van der Waals surface area contributed by atoms with E-state index in [-0.39, 0.29) is 11.6 Å². The third-order valence-corrected chi connectivity index (χ3v) is 3.01. The van der Waals surface area contributed by atoms with Crippen LogP contribution < -0.4 is 5.32 Å². The number of esters is 1. The zero-order valence-electron chi connectivity index (χ0n) is 11.9. The van der Waals surface area contributed by atoms with Crippen LogP contribution in [0.3, 0.4) is 0 Å². The van der Waals surface area contributed by atoms with E-state index in [1.165, 1.54) is 25.4 Å². The molecule has 21 heavy (non-hydrogen) atoms. The highest BCUT2D eigenvalue weighted by Gasteiger charge is 2.10. The molecule has 1 heterocycles. The molecule has 108 valence electrons. The van der Waals surface area contributed by atoms with Crippen molar-refractivity contribution >= 4 is 17.6 Å². The van der Waals surface area contributed by atoms with Gasteiger partial charge in [0.2, 0.25) is 0 Å². The molecule has 1 aromatic heterocycles. The monoisotopic (exact) mass is 284 g/mol. The molecule has 0 atom stereocenters. The van der Waals surface area contributed by atoms with Gasteiger partial charge in [-0.15, -0.1) is 0 Å². The van der Waals surface area contributed by atoms with E-state index >= 15 is 0 Å². The summed E-state index contributed by atoms with van der Waals surface area (Å²) in [5, 5.41) is 2.78. The van der Waals surface area contributed by atoms with Gasteiger partial charge in [-0.05, 0) is 36.2 Å². The topological polar surface area (TPSA) is 68.3 Å². The van der Waals surface area contributed by atoms with E-state index < -0.39 is 5.97 Å². The molecule has 0 aliphatic rings. The first-order valence-electron chi connectivity index (χ1n) is 6.58. The Hall–Kier alpha value is -2.69. The zero-order valence-corrected chi connectivity index (χ0v) is 11.9. The normalized spacial score (nSPS) is 10.0. The Morgan fingerprint density at radius 2 is 2.05 bits per heavy atom. The number of aryl methyl sites for hydroxylation is 1. The second-order valence-electron chi connectivity index (χ2n) is 4.43. The van der Waals surface area contributed by atoms with Crippen LogP contribution in [0.2, 0.25) is 0 Å². The predicted octanol–water partition coefficient (Wildman–Crippen LogP) is 2.68. The summed E-state index contributed by atoms with van der Waals surface area (Å²) in [6, 6.07) is 10.6. The van der Waals surface area contributed by atoms with Crippen molar-refractivity contribution in [1.29, 1.82) is 0 Å².